The van der Waals surface area contributed by atoms with E-state index in [0.29, 0.717) is 0 Å². The molecule has 0 atom stereocenters. The van der Waals surface area contributed by atoms with Crippen molar-refractivity contribution in [3.63, 3.8) is 0 Å². The summed E-state index contributed by atoms with van der Waals surface area (Å²) in [4.78, 5) is 36.9. The molecular weight excluding hydrogens is 348 g/mol. The molecule has 2 N–H and O–H groups in total. The van der Waals surface area contributed by atoms with Crippen molar-refractivity contribution >= 4 is 17.5 Å². The van der Waals surface area contributed by atoms with E-state index in [1.807, 2.05) is 13.8 Å². The van der Waals surface area contributed by atoms with Crippen LogP contribution in [0.2, 0.25) is 0 Å². The molecule has 6 nitrogen and oxygen atoms in total. The molecule has 0 fully saturated rings. The molecule has 0 aliphatic carbocycles. The van der Waals surface area contributed by atoms with Crippen molar-refractivity contribution in [1.29, 1.82) is 0 Å². The van der Waals surface area contributed by atoms with Gasteiger partial charge in [-0.3, -0.25) is 9.59 Å². The quantitative estimate of drug-likeness (QED) is 0.592. The highest BCUT2D eigenvalue weighted by Gasteiger charge is 2.24. The fourth-order valence-corrected chi connectivity index (χ4v) is 2.65. The molecule has 0 saturated heterocycles. The monoisotopic (exact) mass is 370 g/mol. The van der Waals surface area contributed by atoms with E-state index in [1.165, 1.54) is 25.1 Å². The van der Waals surface area contributed by atoms with Gasteiger partial charge >= 0.3 is 5.97 Å². The molecule has 2 aromatic rings. The van der Waals surface area contributed by atoms with Gasteiger partial charge in [0.1, 0.15) is 17.1 Å². The minimum absolute atomic E-state index is 0.00254. The van der Waals surface area contributed by atoms with Crippen molar-refractivity contribution in [2.75, 3.05) is 6.61 Å². The summed E-state index contributed by atoms with van der Waals surface area (Å²) in [5, 5.41) is 20.3. The standard InChI is InChI=1S/C21H22O6/c1-5-27-21(26)17-10-14(9-15(12(4)22)20(17)25)19(24)16-8-13(11(2)3)6-7-18(16)23/h6-11,23,25H,5H2,1-4H3. The molecule has 0 amide bonds. The Hall–Kier alpha value is -3.15. The van der Waals surface area contributed by atoms with Crippen LogP contribution in [0.3, 0.4) is 0 Å². The molecule has 0 radical (unpaired) electrons. The van der Waals surface area contributed by atoms with Crippen molar-refractivity contribution in [2.45, 2.75) is 33.6 Å². The third-order valence-corrected chi connectivity index (χ3v) is 4.18. The second-order valence-corrected chi connectivity index (χ2v) is 6.46. The van der Waals surface area contributed by atoms with E-state index in [4.69, 9.17) is 4.74 Å². The molecular formula is C21H22O6. The lowest BCUT2D eigenvalue weighted by molar-refractivity contribution is 0.0523. The number of Topliss-reactive ketones (excluding diaryl/α,β-unsaturated/α-hetero) is 1. The molecule has 0 saturated carbocycles. The lowest BCUT2D eigenvalue weighted by Gasteiger charge is -2.13. The summed E-state index contributed by atoms with van der Waals surface area (Å²) in [7, 11) is 0. The first-order valence-corrected chi connectivity index (χ1v) is 8.60. The van der Waals surface area contributed by atoms with Gasteiger partial charge in [0.15, 0.2) is 11.6 Å². The van der Waals surface area contributed by atoms with E-state index >= 15 is 0 Å². The van der Waals surface area contributed by atoms with Crippen LogP contribution >= 0.6 is 0 Å². The zero-order valence-corrected chi connectivity index (χ0v) is 15.7. The average molecular weight is 370 g/mol. The third-order valence-electron chi connectivity index (χ3n) is 4.18. The number of carbonyl (C=O) groups excluding carboxylic acids is 3. The van der Waals surface area contributed by atoms with Gasteiger partial charge in [-0.2, -0.15) is 0 Å². The number of benzene rings is 2. The lowest BCUT2D eigenvalue weighted by Crippen LogP contribution is -2.11. The minimum atomic E-state index is -0.840. The zero-order chi connectivity index (χ0) is 20.3. The number of ether oxygens (including phenoxy) is 1. The minimum Gasteiger partial charge on any atom is -0.507 e. The van der Waals surface area contributed by atoms with E-state index < -0.39 is 23.3 Å². The number of rotatable bonds is 6. The van der Waals surface area contributed by atoms with Gasteiger partial charge in [-0.05, 0) is 49.6 Å². The number of carbonyl (C=O) groups is 3. The Morgan fingerprint density at radius 3 is 2.19 bits per heavy atom. The van der Waals surface area contributed by atoms with Crippen molar-refractivity contribution in [1.82, 2.24) is 0 Å². The summed E-state index contributed by atoms with van der Waals surface area (Å²) in [6, 6.07) is 7.11. The predicted molar refractivity (Wildman–Crippen MR) is 99.7 cm³/mol. The normalized spacial score (nSPS) is 10.7. The van der Waals surface area contributed by atoms with Crippen LogP contribution in [0, 0.1) is 0 Å². The predicted octanol–water partition coefficient (Wildman–Crippen LogP) is 3.83. The summed E-state index contributed by atoms with van der Waals surface area (Å²) in [5.74, 6) is -2.51. The molecule has 0 heterocycles. The van der Waals surface area contributed by atoms with E-state index in [9.17, 15) is 24.6 Å². The van der Waals surface area contributed by atoms with Gasteiger partial charge in [-0.15, -0.1) is 0 Å². The first-order valence-electron chi connectivity index (χ1n) is 8.60. The van der Waals surface area contributed by atoms with Crippen LogP contribution in [0.25, 0.3) is 0 Å². The Morgan fingerprint density at radius 2 is 1.63 bits per heavy atom. The molecule has 0 bridgehead atoms. The van der Waals surface area contributed by atoms with Gasteiger partial charge in [-0.25, -0.2) is 4.79 Å². The number of phenols is 2. The largest absolute Gasteiger partial charge is 0.507 e. The Kier molecular flexibility index (Phi) is 6.00. The number of hydrogen-bond acceptors (Lipinski definition) is 6. The lowest BCUT2D eigenvalue weighted by atomic mass is 9.93. The second-order valence-electron chi connectivity index (χ2n) is 6.46. The molecule has 0 aliphatic rings. The summed E-state index contributed by atoms with van der Waals surface area (Å²) in [5.41, 5.74) is 0.469. The van der Waals surface area contributed by atoms with Crippen LogP contribution in [0.1, 0.15) is 75.8 Å². The topological polar surface area (TPSA) is 101 Å². The van der Waals surface area contributed by atoms with Crippen LogP contribution in [-0.2, 0) is 4.74 Å². The fourth-order valence-electron chi connectivity index (χ4n) is 2.65. The molecule has 0 spiro atoms. The van der Waals surface area contributed by atoms with Crippen molar-refractivity contribution in [2.24, 2.45) is 0 Å². The highest BCUT2D eigenvalue weighted by atomic mass is 16.5. The average Bonchev–Trinajstić information content (AvgIpc) is 2.61. The molecule has 2 aromatic carbocycles. The first kappa shape index (κ1) is 20.2. The van der Waals surface area contributed by atoms with Gasteiger partial charge in [0.25, 0.3) is 0 Å². The maximum absolute atomic E-state index is 13.0. The van der Waals surface area contributed by atoms with E-state index in [1.54, 1.807) is 19.1 Å². The van der Waals surface area contributed by atoms with Crippen LogP contribution in [0.15, 0.2) is 30.3 Å². The Bertz CT molecular complexity index is 911. The summed E-state index contributed by atoms with van der Waals surface area (Å²) in [6.07, 6.45) is 0. The molecule has 6 heteroatoms. The van der Waals surface area contributed by atoms with Crippen molar-refractivity contribution < 1.29 is 29.3 Å². The van der Waals surface area contributed by atoms with Gasteiger partial charge in [0.2, 0.25) is 0 Å². The maximum atomic E-state index is 13.0. The number of ketones is 2. The SMILES string of the molecule is CCOC(=O)c1cc(C(=O)c2cc(C(C)C)ccc2O)cc(C(C)=O)c1O. The molecule has 0 unspecified atom stereocenters. The van der Waals surface area contributed by atoms with Gasteiger partial charge in [0.05, 0.1) is 17.7 Å². The van der Waals surface area contributed by atoms with Crippen LogP contribution in [0.4, 0.5) is 0 Å². The zero-order valence-electron chi connectivity index (χ0n) is 15.7. The highest BCUT2D eigenvalue weighted by molar-refractivity contribution is 6.14. The van der Waals surface area contributed by atoms with Gasteiger partial charge in [-0.1, -0.05) is 19.9 Å². The number of phenolic OH excluding ortho intramolecular Hbond substituents is 2. The third kappa shape index (κ3) is 4.16. The molecule has 142 valence electrons. The molecule has 0 aromatic heterocycles. The van der Waals surface area contributed by atoms with Gasteiger partial charge < -0.3 is 14.9 Å². The highest BCUT2D eigenvalue weighted by Crippen LogP contribution is 2.30. The van der Waals surface area contributed by atoms with E-state index in [0.717, 1.165) is 5.56 Å². The van der Waals surface area contributed by atoms with Gasteiger partial charge in [0, 0.05) is 5.56 Å². The second kappa shape index (κ2) is 8.03. The fraction of sp³-hybridized carbons (Fsp3) is 0.286. The number of esters is 1. The van der Waals surface area contributed by atoms with Crippen LogP contribution in [0.5, 0.6) is 11.5 Å². The van der Waals surface area contributed by atoms with Crippen molar-refractivity contribution in [3.05, 3.63) is 58.1 Å². The van der Waals surface area contributed by atoms with E-state index in [-0.39, 0.29) is 40.5 Å². The van der Waals surface area contributed by atoms with Crippen molar-refractivity contribution in [3.8, 4) is 11.5 Å². The number of hydrogen-bond donors (Lipinski definition) is 2. The smallest absolute Gasteiger partial charge is 0.341 e. The first-order chi connectivity index (χ1) is 12.7. The summed E-state index contributed by atoms with van der Waals surface area (Å²) >= 11 is 0. The molecule has 2 rings (SSSR count). The summed E-state index contributed by atoms with van der Waals surface area (Å²) in [6.45, 7) is 6.80. The Balaban J connectivity index is 2.64. The Morgan fingerprint density at radius 1 is 1.00 bits per heavy atom. The summed E-state index contributed by atoms with van der Waals surface area (Å²) < 4.78 is 4.89. The Labute approximate surface area is 157 Å². The maximum Gasteiger partial charge on any atom is 0.341 e. The van der Waals surface area contributed by atoms with Crippen LogP contribution in [-0.4, -0.2) is 34.4 Å². The number of aromatic hydroxyl groups is 2. The molecule has 0 aliphatic heterocycles. The van der Waals surface area contributed by atoms with E-state index in [2.05, 4.69) is 0 Å². The van der Waals surface area contributed by atoms with Crippen LogP contribution < -0.4 is 0 Å². The molecule has 27 heavy (non-hydrogen) atoms.